The summed E-state index contributed by atoms with van der Waals surface area (Å²) >= 11 is 0. The lowest BCUT2D eigenvalue weighted by atomic mass is 10.3. The molecule has 0 bridgehead atoms. The molecule has 0 aliphatic rings. The van der Waals surface area contributed by atoms with E-state index in [-0.39, 0.29) is 18.3 Å². The highest BCUT2D eigenvalue weighted by Crippen LogP contribution is 2.04. The number of amides is 1. The number of hydrogen-bond acceptors (Lipinski definition) is 1. The van der Waals surface area contributed by atoms with Gasteiger partial charge in [-0.1, -0.05) is 18.2 Å². The summed E-state index contributed by atoms with van der Waals surface area (Å²) in [6.45, 7) is 2.35. The molecule has 1 N–H and O–H groups in total. The van der Waals surface area contributed by atoms with Crippen LogP contribution in [0.25, 0.3) is 0 Å². The lowest BCUT2D eigenvalue weighted by Gasteiger charge is -2.02. The second kappa shape index (κ2) is 6.77. The monoisotopic (exact) mass is 262 g/mol. The van der Waals surface area contributed by atoms with Gasteiger partial charge < -0.3 is 17.7 Å². The van der Waals surface area contributed by atoms with Crippen molar-refractivity contribution < 1.29 is 21.8 Å². The SMILES string of the molecule is Cc1cc[n+](CC(=O)Nc2ccccc2)cc1.[Cl-]. The molecule has 0 radical (unpaired) electrons. The summed E-state index contributed by atoms with van der Waals surface area (Å²) in [4.78, 5) is 11.7. The lowest BCUT2D eigenvalue weighted by molar-refractivity contribution is -0.684. The number of aromatic nitrogens is 1. The Morgan fingerprint density at radius 3 is 2.33 bits per heavy atom. The van der Waals surface area contributed by atoms with E-state index in [1.807, 2.05) is 66.3 Å². The van der Waals surface area contributed by atoms with E-state index in [0.29, 0.717) is 6.54 Å². The Labute approximate surface area is 113 Å². The van der Waals surface area contributed by atoms with E-state index in [2.05, 4.69) is 5.32 Å². The number of nitrogens with zero attached hydrogens (tertiary/aromatic N) is 1. The van der Waals surface area contributed by atoms with E-state index in [1.165, 1.54) is 5.56 Å². The quantitative estimate of drug-likeness (QED) is 0.702. The first-order valence-corrected chi connectivity index (χ1v) is 5.55. The highest BCUT2D eigenvalue weighted by Gasteiger charge is 2.08. The number of para-hydroxylation sites is 1. The first kappa shape index (κ1) is 14.2. The molecule has 2 rings (SSSR count). The van der Waals surface area contributed by atoms with Gasteiger partial charge in [0.2, 0.25) is 6.54 Å². The molecule has 0 fully saturated rings. The number of rotatable bonds is 3. The van der Waals surface area contributed by atoms with Crippen molar-refractivity contribution in [1.82, 2.24) is 0 Å². The number of aryl methyl sites for hydroxylation is 1. The summed E-state index contributed by atoms with van der Waals surface area (Å²) in [6, 6.07) is 13.4. The number of halogens is 1. The summed E-state index contributed by atoms with van der Waals surface area (Å²) < 4.78 is 1.85. The Morgan fingerprint density at radius 2 is 1.72 bits per heavy atom. The van der Waals surface area contributed by atoms with Crippen LogP contribution in [0.5, 0.6) is 0 Å². The fourth-order valence-corrected chi connectivity index (χ4v) is 1.53. The van der Waals surface area contributed by atoms with Crippen LogP contribution in [0.3, 0.4) is 0 Å². The van der Waals surface area contributed by atoms with Crippen LogP contribution in [0.15, 0.2) is 54.9 Å². The standard InChI is InChI=1S/C14H14N2O.ClH/c1-12-7-9-16(10-8-12)11-14(17)15-13-5-3-2-4-6-13;/h2-10H,11H2,1H3;1H. The fraction of sp³-hybridized carbons (Fsp3) is 0.143. The number of hydrogen-bond donors (Lipinski definition) is 1. The molecule has 0 spiro atoms. The van der Waals surface area contributed by atoms with Gasteiger partial charge in [-0.05, 0) is 24.6 Å². The van der Waals surface area contributed by atoms with Crippen molar-refractivity contribution in [1.29, 1.82) is 0 Å². The molecule has 0 saturated heterocycles. The van der Waals surface area contributed by atoms with Crippen LogP contribution in [0.4, 0.5) is 5.69 Å². The third-order valence-corrected chi connectivity index (χ3v) is 2.44. The van der Waals surface area contributed by atoms with Crippen molar-refractivity contribution in [2.75, 3.05) is 5.32 Å². The Kier molecular flexibility index (Phi) is 5.33. The molecule has 1 heterocycles. The maximum absolute atomic E-state index is 11.7. The number of benzene rings is 1. The summed E-state index contributed by atoms with van der Waals surface area (Å²) in [5, 5.41) is 2.85. The minimum absolute atomic E-state index is 0. The maximum atomic E-state index is 11.7. The lowest BCUT2D eigenvalue weighted by Crippen LogP contribution is -3.00. The highest BCUT2D eigenvalue weighted by atomic mass is 35.5. The molecule has 18 heavy (non-hydrogen) atoms. The van der Waals surface area contributed by atoms with Gasteiger partial charge in [-0.15, -0.1) is 0 Å². The fourth-order valence-electron chi connectivity index (χ4n) is 1.53. The predicted octanol–water partition coefficient (Wildman–Crippen LogP) is -1.07. The Hall–Kier alpha value is -1.87. The average molecular weight is 263 g/mol. The number of pyridine rings is 1. The van der Waals surface area contributed by atoms with E-state index in [4.69, 9.17) is 0 Å². The molecule has 0 saturated carbocycles. The largest absolute Gasteiger partial charge is 1.00 e. The van der Waals surface area contributed by atoms with E-state index in [1.54, 1.807) is 0 Å². The van der Waals surface area contributed by atoms with Crippen molar-refractivity contribution in [2.45, 2.75) is 13.5 Å². The van der Waals surface area contributed by atoms with Crippen LogP contribution in [0.1, 0.15) is 5.56 Å². The first-order chi connectivity index (χ1) is 8.24. The third kappa shape index (κ3) is 4.18. The van der Waals surface area contributed by atoms with Crippen molar-refractivity contribution in [3.8, 4) is 0 Å². The van der Waals surface area contributed by atoms with Gasteiger partial charge in [0.1, 0.15) is 0 Å². The van der Waals surface area contributed by atoms with E-state index < -0.39 is 0 Å². The first-order valence-electron chi connectivity index (χ1n) is 5.55. The minimum atomic E-state index is -0.0231. The Morgan fingerprint density at radius 1 is 1.11 bits per heavy atom. The van der Waals surface area contributed by atoms with Gasteiger partial charge in [0.15, 0.2) is 12.4 Å². The molecular weight excluding hydrogens is 248 g/mol. The highest BCUT2D eigenvalue weighted by molar-refractivity contribution is 5.89. The molecule has 3 nitrogen and oxygen atoms in total. The summed E-state index contributed by atoms with van der Waals surface area (Å²) in [6.07, 6.45) is 3.81. The summed E-state index contributed by atoms with van der Waals surface area (Å²) in [5.41, 5.74) is 2.01. The maximum Gasteiger partial charge on any atom is 0.290 e. The zero-order chi connectivity index (χ0) is 12.1. The van der Waals surface area contributed by atoms with E-state index in [0.717, 1.165) is 5.69 Å². The van der Waals surface area contributed by atoms with Gasteiger partial charge in [-0.25, -0.2) is 0 Å². The zero-order valence-corrected chi connectivity index (χ0v) is 10.9. The molecule has 0 aliphatic heterocycles. The second-order valence-electron chi connectivity index (χ2n) is 3.96. The predicted molar refractivity (Wildman–Crippen MR) is 66.4 cm³/mol. The van der Waals surface area contributed by atoms with Crippen molar-refractivity contribution in [2.24, 2.45) is 0 Å². The van der Waals surface area contributed by atoms with Gasteiger partial charge in [-0.2, -0.15) is 4.57 Å². The van der Waals surface area contributed by atoms with Crippen LogP contribution >= 0.6 is 0 Å². The molecular formula is C14H15ClN2O. The van der Waals surface area contributed by atoms with Gasteiger partial charge in [0, 0.05) is 17.8 Å². The van der Waals surface area contributed by atoms with Crippen LogP contribution in [0, 0.1) is 6.92 Å². The number of carbonyl (C=O) groups excluding carboxylic acids is 1. The molecule has 1 aromatic carbocycles. The topological polar surface area (TPSA) is 33.0 Å². The Bertz CT molecular complexity index is 497. The van der Waals surface area contributed by atoms with Crippen molar-refractivity contribution >= 4 is 11.6 Å². The van der Waals surface area contributed by atoms with Crippen molar-refractivity contribution in [3.63, 3.8) is 0 Å². The minimum Gasteiger partial charge on any atom is -1.00 e. The van der Waals surface area contributed by atoms with E-state index in [9.17, 15) is 4.79 Å². The van der Waals surface area contributed by atoms with Gasteiger partial charge in [0.05, 0.1) is 0 Å². The zero-order valence-electron chi connectivity index (χ0n) is 10.1. The van der Waals surface area contributed by atoms with Crippen LogP contribution in [-0.4, -0.2) is 5.91 Å². The molecule has 1 amide bonds. The molecule has 0 aliphatic carbocycles. The van der Waals surface area contributed by atoms with E-state index >= 15 is 0 Å². The third-order valence-electron chi connectivity index (χ3n) is 2.44. The molecule has 0 unspecified atom stereocenters. The summed E-state index contributed by atoms with van der Waals surface area (Å²) in [5.74, 6) is -0.0231. The van der Waals surface area contributed by atoms with Gasteiger partial charge >= 0.3 is 0 Å². The van der Waals surface area contributed by atoms with Crippen molar-refractivity contribution in [3.05, 3.63) is 60.4 Å². The molecule has 94 valence electrons. The molecule has 1 aromatic heterocycles. The Balaban J connectivity index is 0.00000162. The van der Waals surface area contributed by atoms with Crippen LogP contribution in [-0.2, 0) is 11.3 Å². The number of nitrogens with one attached hydrogen (secondary N) is 1. The van der Waals surface area contributed by atoms with Gasteiger partial charge in [0.25, 0.3) is 5.91 Å². The van der Waals surface area contributed by atoms with Crippen LogP contribution < -0.4 is 22.3 Å². The number of carbonyl (C=O) groups is 1. The molecule has 2 aromatic rings. The molecule has 4 heteroatoms. The summed E-state index contributed by atoms with van der Waals surface area (Å²) in [7, 11) is 0. The second-order valence-corrected chi connectivity index (χ2v) is 3.96. The van der Waals surface area contributed by atoms with Gasteiger partial charge in [-0.3, -0.25) is 4.79 Å². The average Bonchev–Trinajstić information content (AvgIpc) is 2.33. The normalized spacial score (nSPS) is 9.39. The number of anilines is 1. The smallest absolute Gasteiger partial charge is 0.290 e. The molecule has 0 atom stereocenters. The van der Waals surface area contributed by atoms with Crippen LogP contribution in [0.2, 0.25) is 0 Å².